The summed E-state index contributed by atoms with van der Waals surface area (Å²) in [5, 5.41) is 11.1. The number of pyridine rings is 1. The zero-order chi connectivity index (χ0) is 21.3. The fourth-order valence-corrected chi connectivity index (χ4v) is 3.81. The first-order valence-corrected chi connectivity index (χ1v) is 9.92. The van der Waals surface area contributed by atoms with Gasteiger partial charge in [-0.25, -0.2) is 0 Å². The number of ether oxygens (including phenoxy) is 1. The largest absolute Gasteiger partial charge is 0.507 e. The van der Waals surface area contributed by atoms with Crippen LogP contribution in [-0.4, -0.2) is 28.9 Å². The Morgan fingerprint density at radius 2 is 1.80 bits per heavy atom. The number of amides is 1. The molecule has 1 amide bonds. The number of Topliss-reactive ketones (excluding diaryl/α,β-unsaturated/α-hetero) is 1. The second-order valence-corrected chi connectivity index (χ2v) is 7.54. The van der Waals surface area contributed by atoms with Crippen LogP contribution in [0.4, 0.5) is 5.69 Å². The Morgan fingerprint density at radius 1 is 1.07 bits per heavy atom. The molecule has 2 aromatic carbocycles. The number of ketones is 1. The Morgan fingerprint density at radius 3 is 2.47 bits per heavy atom. The first-order chi connectivity index (χ1) is 14.5. The first kappa shape index (κ1) is 19.8. The molecule has 0 bridgehead atoms. The molecule has 150 valence electrons. The molecule has 0 aliphatic carbocycles. The highest BCUT2D eigenvalue weighted by Crippen LogP contribution is 2.44. The van der Waals surface area contributed by atoms with Crippen LogP contribution < -0.4 is 9.64 Å². The van der Waals surface area contributed by atoms with E-state index in [0.717, 1.165) is 4.47 Å². The average molecular weight is 465 g/mol. The number of rotatable bonds is 4. The van der Waals surface area contributed by atoms with Gasteiger partial charge in [0.05, 0.1) is 30.6 Å². The molecular formula is C23H17BrN2O4. The molecule has 30 heavy (non-hydrogen) atoms. The first-order valence-electron chi connectivity index (χ1n) is 9.13. The number of para-hydroxylation sites is 1. The minimum atomic E-state index is -0.867. The minimum absolute atomic E-state index is 0.00400. The molecule has 0 saturated carbocycles. The number of hydrogen-bond acceptors (Lipinski definition) is 5. The van der Waals surface area contributed by atoms with Crippen LogP contribution in [0.3, 0.4) is 0 Å². The van der Waals surface area contributed by atoms with Gasteiger partial charge in [-0.05, 0) is 30.3 Å². The number of aromatic nitrogens is 1. The third-order valence-corrected chi connectivity index (χ3v) is 5.45. The van der Waals surface area contributed by atoms with Crippen molar-refractivity contribution in [3.8, 4) is 5.75 Å². The number of carbonyl (C=O) groups excluding carboxylic acids is 2. The van der Waals surface area contributed by atoms with Crippen molar-refractivity contribution in [2.45, 2.75) is 6.04 Å². The number of anilines is 1. The molecule has 1 fully saturated rings. The van der Waals surface area contributed by atoms with Crippen molar-refractivity contribution in [2.24, 2.45) is 0 Å². The molecule has 1 aromatic heterocycles. The molecule has 2 heterocycles. The van der Waals surface area contributed by atoms with E-state index < -0.39 is 17.7 Å². The van der Waals surface area contributed by atoms with Crippen molar-refractivity contribution in [1.29, 1.82) is 0 Å². The van der Waals surface area contributed by atoms with Crippen LogP contribution in [-0.2, 0) is 9.59 Å². The second-order valence-electron chi connectivity index (χ2n) is 6.63. The molecule has 3 aromatic rings. The van der Waals surface area contributed by atoms with Gasteiger partial charge in [0.2, 0.25) is 0 Å². The maximum absolute atomic E-state index is 13.1. The van der Waals surface area contributed by atoms with E-state index in [9.17, 15) is 14.7 Å². The van der Waals surface area contributed by atoms with Gasteiger partial charge in [0.1, 0.15) is 11.5 Å². The molecule has 0 radical (unpaired) electrons. The molecule has 1 N–H and O–H groups in total. The van der Waals surface area contributed by atoms with Crippen LogP contribution in [0, 0.1) is 0 Å². The lowest BCUT2D eigenvalue weighted by Crippen LogP contribution is -2.29. The van der Waals surface area contributed by atoms with E-state index in [1.807, 2.05) is 0 Å². The van der Waals surface area contributed by atoms with Gasteiger partial charge < -0.3 is 9.84 Å². The summed E-state index contributed by atoms with van der Waals surface area (Å²) in [7, 11) is 1.52. The zero-order valence-electron chi connectivity index (χ0n) is 15.9. The molecule has 4 rings (SSSR count). The molecule has 1 atom stereocenters. The standard InChI is InChI=1S/C23H17BrN2O4/c1-30-18-7-3-2-6-17(18)20-19(21(27)14-8-10-15(24)11-9-14)22(28)23(29)26(20)16-5-4-12-25-13-16/h2-13,20,27H,1H3/b21-19+. The van der Waals surface area contributed by atoms with Crippen molar-refractivity contribution >= 4 is 39.1 Å². The number of benzene rings is 2. The number of aliphatic hydroxyl groups is 1. The highest BCUT2D eigenvalue weighted by molar-refractivity contribution is 9.10. The van der Waals surface area contributed by atoms with Crippen LogP contribution in [0.2, 0.25) is 0 Å². The Kier molecular flexibility index (Phi) is 5.37. The van der Waals surface area contributed by atoms with Crippen LogP contribution in [0.5, 0.6) is 5.75 Å². The predicted octanol–water partition coefficient (Wildman–Crippen LogP) is 4.48. The Balaban J connectivity index is 1.98. The summed E-state index contributed by atoms with van der Waals surface area (Å²) in [6, 6.07) is 16.5. The van der Waals surface area contributed by atoms with Crippen molar-refractivity contribution < 1.29 is 19.4 Å². The van der Waals surface area contributed by atoms with Crippen molar-refractivity contribution in [3.63, 3.8) is 0 Å². The highest BCUT2D eigenvalue weighted by atomic mass is 79.9. The average Bonchev–Trinajstić information content (AvgIpc) is 3.04. The van der Waals surface area contributed by atoms with Gasteiger partial charge in [-0.3, -0.25) is 19.5 Å². The maximum Gasteiger partial charge on any atom is 0.300 e. The van der Waals surface area contributed by atoms with Gasteiger partial charge in [0, 0.05) is 21.8 Å². The summed E-state index contributed by atoms with van der Waals surface area (Å²) in [5.74, 6) is -1.25. The number of hydrogen-bond donors (Lipinski definition) is 1. The molecule has 1 unspecified atom stereocenters. The third-order valence-electron chi connectivity index (χ3n) is 4.92. The number of halogens is 1. The second kappa shape index (κ2) is 8.12. The van der Waals surface area contributed by atoms with Gasteiger partial charge in [0.25, 0.3) is 11.7 Å². The third kappa shape index (κ3) is 3.37. The quantitative estimate of drug-likeness (QED) is 0.349. The summed E-state index contributed by atoms with van der Waals surface area (Å²) in [6.07, 6.45) is 3.09. The topological polar surface area (TPSA) is 79.7 Å². The van der Waals surface area contributed by atoms with Crippen LogP contribution in [0.1, 0.15) is 17.2 Å². The zero-order valence-corrected chi connectivity index (χ0v) is 17.5. The van der Waals surface area contributed by atoms with Crippen LogP contribution >= 0.6 is 15.9 Å². The fourth-order valence-electron chi connectivity index (χ4n) is 3.54. The van der Waals surface area contributed by atoms with Crippen molar-refractivity contribution in [3.05, 3.63) is 94.2 Å². The van der Waals surface area contributed by atoms with Crippen molar-refractivity contribution in [1.82, 2.24) is 4.98 Å². The number of nitrogens with zero attached hydrogens (tertiary/aromatic N) is 2. The Bertz CT molecular complexity index is 1140. The summed E-state index contributed by atoms with van der Waals surface area (Å²) >= 11 is 3.36. The fraction of sp³-hybridized carbons (Fsp3) is 0.0870. The van der Waals surface area contributed by atoms with E-state index in [1.54, 1.807) is 66.9 Å². The molecule has 1 saturated heterocycles. The monoisotopic (exact) mass is 464 g/mol. The normalized spacial score (nSPS) is 17.9. The van der Waals surface area contributed by atoms with Crippen molar-refractivity contribution in [2.75, 3.05) is 12.0 Å². The molecule has 1 aliphatic rings. The summed E-state index contributed by atoms with van der Waals surface area (Å²) in [6.45, 7) is 0. The number of aliphatic hydroxyl groups excluding tert-OH is 1. The maximum atomic E-state index is 13.1. The lowest BCUT2D eigenvalue weighted by atomic mass is 9.94. The van der Waals surface area contributed by atoms with Crippen LogP contribution in [0.15, 0.2) is 83.1 Å². The van der Waals surface area contributed by atoms with Gasteiger partial charge in [-0.2, -0.15) is 0 Å². The lowest BCUT2D eigenvalue weighted by molar-refractivity contribution is -0.132. The van der Waals surface area contributed by atoms with Gasteiger partial charge in [-0.1, -0.05) is 46.3 Å². The van der Waals surface area contributed by atoms with Gasteiger partial charge in [0.15, 0.2) is 0 Å². The Hall–Kier alpha value is -3.45. The summed E-state index contributed by atoms with van der Waals surface area (Å²) in [5.41, 5.74) is 1.46. The summed E-state index contributed by atoms with van der Waals surface area (Å²) < 4.78 is 6.32. The Labute approximate surface area is 181 Å². The lowest BCUT2D eigenvalue weighted by Gasteiger charge is -2.26. The summed E-state index contributed by atoms with van der Waals surface area (Å²) in [4.78, 5) is 31.5. The van der Waals surface area contributed by atoms with E-state index in [2.05, 4.69) is 20.9 Å². The van der Waals surface area contributed by atoms with Gasteiger partial charge in [-0.15, -0.1) is 0 Å². The van der Waals surface area contributed by atoms with Crippen LogP contribution in [0.25, 0.3) is 5.76 Å². The van der Waals surface area contributed by atoms with E-state index in [4.69, 9.17) is 4.74 Å². The predicted molar refractivity (Wildman–Crippen MR) is 116 cm³/mol. The van der Waals surface area contributed by atoms with Gasteiger partial charge >= 0.3 is 0 Å². The molecule has 7 heteroatoms. The highest BCUT2D eigenvalue weighted by Gasteiger charge is 2.47. The van der Waals surface area contributed by atoms with E-state index in [-0.39, 0.29) is 11.3 Å². The number of carbonyl (C=O) groups is 2. The number of methoxy groups -OCH3 is 1. The smallest absolute Gasteiger partial charge is 0.300 e. The molecule has 6 nitrogen and oxygen atoms in total. The SMILES string of the molecule is COc1ccccc1C1/C(=C(\O)c2ccc(Br)cc2)C(=O)C(=O)N1c1cccnc1. The van der Waals surface area contributed by atoms with E-state index in [0.29, 0.717) is 22.6 Å². The van der Waals surface area contributed by atoms with E-state index >= 15 is 0 Å². The molecular weight excluding hydrogens is 448 g/mol. The molecule has 1 aliphatic heterocycles. The molecule has 0 spiro atoms. The minimum Gasteiger partial charge on any atom is -0.507 e. The van der Waals surface area contributed by atoms with E-state index in [1.165, 1.54) is 18.2 Å².